The highest BCUT2D eigenvalue weighted by Gasteiger charge is 2.35. The summed E-state index contributed by atoms with van der Waals surface area (Å²) >= 11 is 0. The molecule has 20 heavy (non-hydrogen) atoms. The van der Waals surface area contributed by atoms with Gasteiger partial charge in [-0.15, -0.1) is 0 Å². The molecule has 0 spiro atoms. The highest BCUT2D eigenvalue weighted by atomic mass is 19.4. The summed E-state index contributed by atoms with van der Waals surface area (Å²) in [7, 11) is 0. The Morgan fingerprint density at radius 2 is 1.85 bits per heavy atom. The number of aryl methyl sites for hydroxylation is 1. The van der Waals surface area contributed by atoms with Crippen molar-refractivity contribution >= 4 is 5.69 Å². The summed E-state index contributed by atoms with van der Waals surface area (Å²) in [6, 6.07) is 2.25. The number of likely N-dealkylation sites (tertiary alicyclic amines) is 1. The van der Waals surface area contributed by atoms with Gasteiger partial charge in [0.2, 0.25) is 0 Å². The molecule has 112 valence electrons. The maximum Gasteiger partial charge on any atom is 0.419 e. The molecular weight excluding hydrogens is 272 g/mol. The van der Waals surface area contributed by atoms with Crippen molar-refractivity contribution in [1.29, 1.82) is 0 Å². The number of benzene rings is 1. The molecule has 0 bridgehead atoms. The van der Waals surface area contributed by atoms with Gasteiger partial charge in [0.05, 0.1) is 11.3 Å². The van der Waals surface area contributed by atoms with E-state index in [9.17, 15) is 17.6 Å². The average Bonchev–Trinajstić information content (AvgIpc) is 2.84. The summed E-state index contributed by atoms with van der Waals surface area (Å²) in [6.45, 7) is 4.70. The number of rotatable bonds is 4. The van der Waals surface area contributed by atoms with E-state index in [1.54, 1.807) is 0 Å². The molecule has 0 atom stereocenters. The van der Waals surface area contributed by atoms with E-state index in [0.717, 1.165) is 32.0 Å². The Morgan fingerprint density at radius 1 is 1.20 bits per heavy atom. The van der Waals surface area contributed by atoms with Crippen LogP contribution in [0, 0.1) is 12.7 Å². The second kappa shape index (κ2) is 5.99. The van der Waals surface area contributed by atoms with E-state index in [4.69, 9.17) is 0 Å². The van der Waals surface area contributed by atoms with Crippen LogP contribution in [0.5, 0.6) is 0 Å². The zero-order valence-electron chi connectivity index (χ0n) is 11.4. The average molecular weight is 290 g/mol. The number of hydrogen-bond donors (Lipinski definition) is 1. The molecule has 6 heteroatoms. The van der Waals surface area contributed by atoms with Crippen LogP contribution in [0.25, 0.3) is 0 Å². The molecule has 1 aliphatic heterocycles. The molecule has 0 amide bonds. The third-order valence-corrected chi connectivity index (χ3v) is 3.46. The number of halogens is 4. The Bertz CT molecular complexity index is 465. The van der Waals surface area contributed by atoms with Crippen molar-refractivity contribution < 1.29 is 17.6 Å². The maximum absolute atomic E-state index is 13.9. The minimum atomic E-state index is -4.67. The van der Waals surface area contributed by atoms with E-state index >= 15 is 0 Å². The molecule has 1 heterocycles. The molecular formula is C14H18F4N2. The fourth-order valence-electron chi connectivity index (χ4n) is 2.46. The van der Waals surface area contributed by atoms with E-state index in [0.29, 0.717) is 18.7 Å². The van der Waals surface area contributed by atoms with Crippen LogP contribution in [0.3, 0.4) is 0 Å². The molecule has 1 saturated heterocycles. The van der Waals surface area contributed by atoms with Crippen molar-refractivity contribution in [2.75, 3.05) is 31.5 Å². The van der Waals surface area contributed by atoms with Crippen LogP contribution >= 0.6 is 0 Å². The van der Waals surface area contributed by atoms with Crippen LogP contribution in [-0.4, -0.2) is 31.1 Å². The van der Waals surface area contributed by atoms with Crippen molar-refractivity contribution in [1.82, 2.24) is 4.90 Å². The molecule has 1 N–H and O–H groups in total. The van der Waals surface area contributed by atoms with Crippen LogP contribution in [0.4, 0.5) is 23.2 Å². The number of nitrogens with one attached hydrogen (secondary N) is 1. The van der Waals surface area contributed by atoms with E-state index in [2.05, 4.69) is 10.2 Å². The van der Waals surface area contributed by atoms with Gasteiger partial charge in [0.25, 0.3) is 0 Å². The first kappa shape index (κ1) is 15.1. The fourth-order valence-corrected chi connectivity index (χ4v) is 2.46. The number of nitrogens with zero attached hydrogens (tertiary/aromatic N) is 1. The van der Waals surface area contributed by atoms with E-state index in [1.807, 2.05) is 0 Å². The first-order chi connectivity index (χ1) is 9.38. The molecule has 0 saturated carbocycles. The Morgan fingerprint density at radius 3 is 2.45 bits per heavy atom. The second-order valence-electron chi connectivity index (χ2n) is 5.15. The molecule has 1 aliphatic rings. The van der Waals surface area contributed by atoms with Crippen molar-refractivity contribution in [2.24, 2.45) is 0 Å². The predicted molar refractivity (Wildman–Crippen MR) is 70.3 cm³/mol. The van der Waals surface area contributed by atoms with Gasteiger partial charge in [-0.25, -0.2) is 4.39 Å². The summed E-state index contributed by atoms with van der Waals surface area (Å²) in [5.41, 5.74) is -0.889. The highest BCUT2D eigenvalue weighted by molar-refractivity contribution is 5.51. The van der Waals surface area contributed by atoms with Crippen molar-refractivity contribution in [3.8, 4) is 0 Å². The second-order valence-corrected chi connectivity index (χ2v) is 5.15. The standard InChI is InChI=1S/C14H18F4N2/c1-10-8-11(14(16,17)18)13(15)12(9-10)19-4-7-20-5-2-3-6-20/h8-9,19H,2-7H2,1H3. The molecule has 0 unspecified atom stereocenters. The van der Waals surface area contributed by atoms with Gasteiger partial charge < -0.3 is 10.2 Å². The molecule has 1 aromatic rings. The van der Waals surface area contributed by atoms with Gasteiger partial charge >= 0.3 is 6.18 Å². The molecule has 2 nitrogen and oxygen atoms in total. The van der Waals surface area contributed by atoms with Gasteiger partial charge in [-0.1, -0.05) is 0 Å². The summed E-state index contributed by atoms with van der Waals surface area (Å²) in [6.07, 6.45) is -2.37. The van der Waals surface area contributed by atoms with Crippen LogP contribution in [0.1, 0.15) is 24.0 Å². The van der Waals surface area contributed by atoms with Gasteiger partial charge in [0.15, 0.2) is 5.82 Å². The van der Waals surface area contributed by atoms with Crippen LogP contribution < -0.4 is 5.32 Å². The van der Waals surface area contributed by atoms with Gasteiger partial charge in [0.1, 0.15) is 0 Å². The van der Waals surface area contributed by atoms with E-state index in [-0.39, 0.29) is 5.69 Å². The van der Waals surface area contributed by atoms with Gasteiger partial charge in [0, 0.05) is 13.1 Å². The molecule has 1 fully saturated rings. The number of hydrogen-bond acceptors (Lipinski definition) is 2. The van der Waals surface area contributed by atoms with Gasteiger partial charge in [-0.2, -0.15) is 13.2 Å². The monoisotopic (exact) mass is 290 g/mol. The van der Waals surface area contributed by atoms with Crippen LogP contribution in [-0.2, 0) is 6.18 Å². The van der Waals surface area contributed by atoms with Gasteiger partial charge in [-0.05, 0) is 50.6 Å². The Labute approximate surface area is 115 Å². The first-order valence-electron chi connectivity index (χ1n) is 6.71. The maximum atomic E-state index is 13.9. The zero-order valence-corrected chi connectivity index (χ0v) is 11.4. The molecule has 2 rings (SSSR count). The third-order valence-electron chi connectivity index (χ3n) is 3.46. The van der Waals surface area contributed by atoms with Crippen LogP contribution in [0.15, 0.2) is 12.1 Å². The minimum Gasteiger partial charge on any atom is -0.381 e. The number of alkyl halides is 3. The largest absolute Gasteiger partial charge is 0.419 e. The van der Waals surface area contributed by atoms with Crippen LogP contribution in [0.2, 0.25) is 0 Å². The molecule has 0 aromatic heterocycles. The zero-order chi connectivity index (χ0) is 14.8. The predicted octanol–water partition coefficient (Wildman–Crippen LogP) is 3.66. The minimum absolute atomic E-state index is 0.0727. The number of anilines is 1. The first-order valence-corrected chi connectivity index (χ1v) is 6.71. The summed E-state index contributed by atoms with van der Waals surface area (Å²) in [4.78, 5) is 2.21. The van der Waals surface area contributed by atoms with Crippen molar-refractivity contribution in [2.45, 2.75) is 25.9 Å². The normalized spacial score (nSPS) is 16.6. The highest BCUT2D eigenvalue weighted by Crippen LogP contribution is 2.34. The fraction of sp³-hybridized carbons (Fsp3) is 0.571. The lowest BCUT2D eigenvalue weighted by atomic mass is 10.1. The van der Waals surface area contributed by atoms with E-state index in [1.165, 1.54) is 13.0 Å². The smallest absolute Gasteiger partial charge is 0.381 e. The van der Waals surface area contributed by atoms with Gasteiger partial charge in [-0.3, -0.25) is 0 Å². The Hall–Kier alpha value is -1.30. The Balaban J connectivity index is 2.05. The summed E-state index contributed by atoms with van der Waals surface area (Å²) in [5.74, 6) is -1.22. The Kier molecular flexibility index (Phi) is 4.52. The van der Waals surface area contributed by atoms with E-state index < -0.39 is 17.6 Å². The quantitative estimate of drug-likeness (QED) is 0.851. The summed E-state index contributed by atoms with van der Waals surface area (Å²) in [5, 5.41) is 2.78. The topological polar surface area (TPSA) is 15.3 Å². The lowest BCUT2D eigenvalue weighted by Crippen LogP contribution is -2.26. The molecule has 0 radical (unpaired) electrons. The third kappa shape index (κ3) is 3.62. The molecule has 1 aromatic carbocycles. The summed E-state index contributed by atoms with van der Waals surface area (Å²) < 4.78 is 52.0. The lowest BCUT2D eigenvalue weighted by molar-refractivity contribution is -0.139. The molecule has 0 aliphatic carbocycles. The SMILES string of the molecule is Cc1cc(NCCN2CCCC2)c(F)c(C(F)(F)F)c1. The van der Waals surface area contributed by atoms with Crippen molar-refractivity contribution in [3.63, 3.8) is 0 Å². The lowest BCUT2D eigenvalue weighted by Gasteiger charge is -2.17. The van der Waals surface area contributed by atoms with Crippen molar-refractivity contribution in [3.05, 3.63) is 29.1 Å².